The molecular weight excluding hydrogens is 385 g/mol. The first-order valence-corrected chi connectivity index (χ1v) is 9.90. The van der Waals surface area contributed by atoms with E-state index in [9.17, 15) is 9.18 Å². The van der Waals surface area contributed by atoms with Gasteiger partial charge in [0.1, 0.15) is 12.4 Å². The number of amides is 1. The van der Waals surface area contributed by atoms with Gasteiger partial charge in [-0.05, 0) is 45.8 Å². The summed E-state index contributed by atoms with van der Waals surface area (Å²) < 4.78 is 13.3. The van der Waals surface area contributed by atoms with E-state index >= 15 is 0 Å². The van der Waals surface area contributed by atoms with Crippen LogP contribution in [0.4, 0.5) is 4.39 Å². The Morgan fingerprint density at radius 1 is 1.19 bits per heavy atom. The first-order chi connectivity index (χ1) is 13.2. The predicted octanol–water partition coefficient (Wildman–Crippen LogP) is 3.51. The van der Waals surface area contributed by atoms with E-state index in [1.165, 1.54) is 28.3 Å². The second-order valence-corrected chi connectivity index (χ2v) is 7.48. The maximum atomic E-state index is 13.3. The molecule has 3 heterocycles. The molecule has 27 heavy (non-hydrogen) atoms. The van der Waals surface area contributed by atoms with Crippen molar-refractivity contribution in [3.8, 4) is 11.4 Å². The quantitative estimate of drug-likeness (QED) is 0.539. The summed E-state index contributed by atoms with van der Waals surface area (Å²) in [4.78, 5) is 14.8. The lowest BCUT2D eigenvalue weighted by molar-refractivity contribution is -0.122. The highest BCUT2D eigenvalue weighted by Gasteiger charge is 2.19. The van der Waals surface area contributed by atoms with Gasteiger partial charge in [-0.15, -0.1) is 21.5 Å². The van der Waals surface area contributed by atoms with E-state index in [4.69, 9.17) is 0 Å². The van der Waals surface area contributed by atoms with Crippen LogP contribution in [0.25, 0.3) is 11.4 Å². The molecule has 4 rings (SSSR count). The van der Waals surface area contributed by atoms with Crippen molar-refractivity contribution in [2.24, 2.45) is 0 Å². The number of thiophene rings is 2. The van der Waals surface area contributed by atoms with Gasteiger partial charge >= 0.3 is 0 Å². The molecule has 0 spiro atoms. The van der Waals surface area contributed by atoms with Crippen LogP contribution >= 0.6 is 22.7 Å². The fourth-order valence-corrected chi connectivity index (χ4v) is 4.02. The highest BCUT2D eigenvalue weighted by Crippen LogP contribution is 2.26. The number of carbonyl (C=O) groups is 1. The number of rotatable bonds is 6. The molecule has 136 valence electrons. The Hall–Kier alpha value is -2.91. The summed E-state index contributed by atoms with van der Waals surface area (Å²) in [5, 5.41) is 20.9. The SMILES string of the molecule is O=C(Cn1nnc(-c2ccsc2)n1)NC(c1ccc(F)cc1)c1cccs1. The number of nitrogens with zero attached hydrogens (tertiary/aromatic N) is 4. The number of halogens is 1. The molecule has 9 heteroatoms. The van der Waals surface area contributed by atoms with Gasteiger partial charge in [-0.25, -0.2) is 4.39 Å². The van der Waals surface area contributed by atoms with Crippen molar-refractivity contribution in [3.05, 3.63) is 74.9 Å². The van der Waals surface area contributed by atoms with E-state index in [1.807, 2.05) is 34.3 Å². The molecule has 0 fully saturated rings. The molecule has 6 nitrogen and oxygen atoms in total. The number of nitrogens with one attached hydrogen (secondary N) is 1. The zero-order valence-electron chi connectivity index (χ0n) is 13.9. The minimum Gasteiger partial charge on any atom is -0.343 e. The van der Waals surface area contributed by atoms with Crippen LogP contribution in [0.3, 0.4) is 0 Å². The average molecular weight is 399 g/mol. The van der Waals surface area contributed by atoms with Crippen molar-refractivity contribution < 1.29 is 9.18 Å². The summed E-state index contributed by atoms with van der Waals surface area (Å²) in [5.41, 5.74) is 1.67. The van der Waals surface area contributed by atoms with Crippen LogP contribution in [-0.2, 0) is 11.3 Å². The first kappa shape index (κ1) is 17.5. The number of hydrogen-bond donors (Lipinski definition) is 1. The van der Waals surface area contributed by atoms with Crippen LogP contribution in [-0.4, -0.2) is 26.1 Å². The van der Waals surface area contributed by atoms with E-state index in [0.29, 0.717) is 5.82 Å². The standard InChI is InChI=1S/C18H14FN5OS2/c19-14-5-3-12(4-6-14)17(15-2-1-8-27-15)20-16(25)10-24-22-18(21-23-24)13-7-9-26-11-13/h1-9,11,17H,10H2,(H,20,25). The minimum atomic E-state index is -0.363. The molecule has 1 atom stereocenters. The molecule has 0 saturated carbocycles. The molecular formula is C18H14FN5OS2. The zero-order valence-corrected chi connectivity index (χ0v) is 15.6. The summed E-state index contributed by atoms with van der Waals surface area (Å²) in [5.74, 6) is -0.0906. The van der Waals surface area contributed by atoms with Crippen molar-refractivity contribution in [1.29, 1.82) is 0 Å². The zero-order chi connectivity index (χ0) is 18.6. The highest BCUT2D eigenvalue weighted by atomic mass is 32.1. The van der Waals surface area contributed by atoms with Crippen molar-refractivity contribution in [3.63, 3.8) is 0 Å². The summed E-state index contributed by atoms with van der Waals surface area (Å²) >= 11 is 3.06. The summed E-state index contributed by atoms with van der Waals surface area (Å²) in [6, 6.07) is 11.5. The van der Waals surface area contributed by atoms with E-state index in [1.54, 1.807) is 23.5 Å². The molecule has 1 unspecified atom stereocenters. The fourth-order valence-electron chi connectivity index (χ4n) is 2.58. The maximum Gasteiger partial charge on any atom is 0.244 e. The maximum absolute atomic E-state index is 13.3. The van der Waals surface area contributed by atoms with Crippen molar-refractivity contribution in [1.82, 2.24) is 25.5 Å². The van der Waals surface area contributed by atoms with Crippen LogP contribution in [0.15, 0.2) is 58.6 Å². The van der Waals surface area contributed by atoms with Gasteiger partial charge in [-0.3, -0.25) is 4.79 Å². The summed E-state index contributed by atoms with van der Waals surface area (Å²) in [6.07, 6.45) is 0. The molecule has 1 N–H and O–H groups in total. The van der Waals surface area contributed by atoms with Crippen LogP contribution in [0, 0.1) is 5.82 Å². The van der Waals surface area contributed by atoms with Crippen LogP contribution in [0.2, 0.25) is 0 Å². The van der Waals surface area contributed by atoms with E-state index < -0.39 is 0 Å². The third kappa shape index (κ3) is 4.09. The Morgan fingerprint density at radius 2 is 2.04 bits per heavy atom. The third-order valence-electron chi connectivity index (χ3n) is 3.85. The van der Waals surface area contributed by atoms with Crippen molar-refractivity contribution in [2.45, 2.75) is 12.6 Å². The van der Waals surface area contributed by atoms with Gasteiger partial charge in [0.25, 0.3) is 0 Å². The molecule has 1 amide bonds. The largest absolute Gasteiger partial charge is 0.343 e. The molecule has 0 saturated heterocycles. The monoisotopic (exact) mass is 399 g/mol. The Bertz CT molecular complexity index is 1010. The van der Waals surface area contributed by atoms with Gasteiger partial charge in [0.2, 0.25) is 11.7 Å². The molecule has 0 bridgehead atoms. The summed E-state index contributed by atoms with van der Waals surface area (Å²) in [6.45, 7) is -0.0554. The van der Waals surface area contributed by atoms with Gasteiger partial charge in [0.05, 0.1) is 6.04 Å². The van der Waals surface area contributed by atoms with Gasteiger partial charge < -0.3 is 5.32 Å². The molecule has 0 radical (unpaired) electrons. The number of carbonyl (C=O) groups excluding carboxylic acids is 1. The number of tetrazole rings is 1. The van der Waals surface area contributed by atoms with E-state index in [0.717, 1.165) is 16.0 Å². The second-order valence-electron chi connectivity index (χ2n) is 5.72. The number of aromatic nitrogens is 4. The highest BCUT2D eigenvalue weighted by molar-refractivity contribution is 7.10. The molecule has 3 aromatic heterocycles. The lowest BCUT2D eigenvalue weighted by atomic mass is 10.1. The molecule has 4 aromatic rings. The van der Waals surface area contributed by atoms with Crippen LogP contribution in [0.1, 0.15) is 16.5 Å². The Balaban J connectivity index is 1.49. The Morgan fingerprint density at radius 3 is 2.74 bits per heavy atom. The number of hydrogen-bond acceptors (Lipinski definition) is 6. The normalized spacial score (nSPS) is 12.0. The predicted molar refractivity (Wildman–Crippen MR) is 102 cm³/mol. The lowest BCUT2D eigenvalue weighted by Crippen LogP contribution is -2.32. The average Bonchev–Trinajstić information content (AvgIpc) is 3.42. The Kier molecular flexibility index (Phi) is 5.03. The van der Waals surface area contributed by atoms with Gasteiger partial charge in [-0.1, -0.05) is 18.2 Å². The molecule has 0 aliphatic heterocycles. The van der Waals surface area contributed by atoms with Crippen molar-refractivity contribution in [2.75, 3.05) is 0 Å². The molecule has 1 aromatic carbocycles. The van der Waals surface area contributed by atoms with Gasteiger partial charge in [-0.2, -0.15) is 16.1 Å². The second kappa shape index (κ2) is 7.77. The van der Waals surface area contributed by atoms with E-state index in [2.05, 4.69) is 20.7 Å². The van der Waals surface area contributed by atoms with Crippen LogP contribution < -0.4 is 5.32 Å². The topological polar surface area (TPSA) is 72.7 Å². The van der Waals surface area contributed by atoms with Gasteiger partial charge in [0.15, 0.2) is 0 Å². The number of benzene rings is 1. The molecule has 0 aliphatic rings. The minimum absolute atomic E-state index is 0.0554. The van der Waals surface area contributed by atoms with Crippen molar-refractivity contribution >= 4 is 28.6 Å². The Labute approximate surface area is 162 Å². The smallest absolute Gasteiger partial charge is 0.244 e. The lowest BCUT2D eigenvalue weighted by Gasteiger charge is -2.18. The van der Waals surface area contributed by atoms with Crippen LogP contribution in [0.5, 0.6) is 0 Å². The van der Waals surface area contributed by atoms with E-state index in [-0.39, 0.29) is 24.3 Å². The first-order valence-electron chi connectivity index (χ1n) is 8.07. The summed E-state index contributed by atoms with van der Waals surface area (Å²) in [7, 11) is 0. The molecule has 0 aliphatic carbocycles. The third-order valence-corrected chi connectivity index (χ3v) is 5.47. The fraction of sp³-hybridized carbons (Fsp3) is 0.111. The van der Waals surface area contributed by atoms with Gasteiger partial charge in [0, 0.05) is 15.8 Å².